The molecule has 2 rings (SSSR count). The van der Waals surface area contributed by atoms with E-state index in [0.717, 1.165) is 38.5 Å². The fourth-order valence-electron chi connectivity index (χ4n) is 3.53. The van der Waals surface area contributed by atoms with Crippen molar-refractivity contribution in [2.45, 2.75) is 71.6 Å². The van der Waals surface area contributed by atoms with E-state index in [2.05, 4.69) is 40.2 Å². The number of guanidine groups is 1. The summed E-state index contributed by atoms with van der Waals surface area (Å²) in [5, 5.41) is 9.66. The van der Waals surface area contributed by atoms with Gasteiger partial charge in [0.25, 0.3) is 0 Å². The van der Waals surface area contributed by atoms with Gasteiger partial charge in [-0.05, 0) is 59.9 Å². The fraction of sp³-hybridized carbons (Fsp3) is 0.667. The number of ether oxygens (including phenoxy) is 2. The molecule has 0 aliphatic carbocycles. The molecule has 1 saturated heterocycles. The molecule has 1 aromatic rings. The molecule has 1 amide bonds. The van der Waals surface area contributed by atoms with Crippen LogP contribution in [-0.2, 0) is 9.47 Å². The molecule has 0 aromatic heterocycles. The Balaban J connectivity index is 0.00000512. The third kappa shape index (κ3) is 10.4. The molecular weight excluding hydrogens is 519 g/mol. The van der Waals surface area contributed by atoms with Crippen LogP contribution in [-0.4, -0.2) is 49.4 Å². The number of carbonyl (C=O) groups excluding carboxylic acids is 1. The SMILES string of the molecule is CCNC(=NCC(C)(C)NC(=O)OC(C)(C)C)NCC1CCCOC1c1ccccc1.I. The number of alkyl carbamates (subject to hydrolysis) is 1. The molecule has 0 radical (unpaired) electrons. The van der Waals surface area contributed by atoms with E-state index in [4.69, 9.17) is 14.5 Å². The maximum Gasteiger partial charge on any atom is 0.408 e. The second-order valence-corrected chi connectivity index (χ2v) is 9.69. The van der Waals surface area contributed by atoms with E-state index < -0.39 is 17.2 Å². The molecule has 1 fully saturated rings. The first kappa shape index (κ1) is 28.5. The van der Waals surface area contributed by atoms with E-state index in [0.29, 0.717) is 12.5 Å². The molecule has 7 nitrogen and oxygen atoms in total. The van der Waals surface area contributed by atoms with E-state index in [1.54, 1.807) is 0 Å². The first-order chi connectivity index (χ1) is 14.6. The number of aliphatic imine (C=N–C) groups is 1. The molecule has 0 saturated carbocycles. The number of amides is 1. The zero-order chi connectivity index (χ0) is 22.9. The van der Waals surface area contributed by atoms with E-state index in [9.17, 15) is 4.79 Å². The Morgan fingerprint density at radius 2 is 1.84 bits per heavy atom. The topological polar surface area (TPSA) is 84.0 Å². The van der Waals surface area contributed by atoms with Crippen LogP contribution in [0.15, 0.2) is 35.3 Å². The molecule has 182 valence electrons. The second kappa shape index (κ2) is 13.2. The van der Waals surface area contributed by atoms with E-state index in [1.165, 1.54) is 5.56 Å². The van der Waals surface area contributed by atoms with Crippen LogP contribution in [0.1, 0.15) is 66.1 Å². The monoisotopic (exact) mass is 560 g/mol. The van der Waals surface area contributed by atoms with Crippen molar-refractivity contribution in [1.29, 1.82) is 0 Å². The highest BCUT2D eigenvalue weighted by molar-refractivity contribution is 14.0. The standard InChI is InChI=1S/C24H40N4O3.HI/c1-7-25-21(27-17-24(5,6)28-22(29)31-23(2,3)4)26-16-19-14-11-15-30-20(19)18-12-9-8-10-13-18;/h8-10,12-13,19-20H,7,11,14-17H2,1-6H3,(H,28,29)(H2,25,26,27);1H. The summed E-state index contributed by atoms with van der Waals surface area (Å²) in [7, 11) is 0. The van der Waals surface area contributed by atoms with Gasteiger partial charge < -0.3 is 25.4 Å². The minimum Gasteiger partial charge on any atom is -0.444 e. The molecule has 1 heterocycles. The average molecular weight is 561 g/mol. The van der Waals surface area contributed by atoms with Crippen molar-refractivity contribution >= 4 is 36.0 Å². The van der Waals surface area contributed by atoms with Crippen LogP contribution in [0.2, 0.25) is 0 Å². The molecule has 1 aliphatic heterocycles. The average Bonchev–Trinajstić information content (AvgIpc) is 2.69. The zero-order valence-corrected chi connectivity index (χ0v) is 22.7. The van der Waals surface area contributed by atoms with Crippen molar-refractivity contribution in [3.63, 3.8) is 0 Å². The van der Waals surface area contributed by atoms with Gasteiger partial charge in [-0.25, -0.2) is 4.79 Å². The van der Waals surface area contributed by atoms with Gasteiger partial charge in [-0.1, -0.05) is 30.3 Å². The minimum absolute atomic E-state index is 0. The minimum atomic E-state index is -0.536. The number of hydrogen-bond donors (Lipinski definition) is 3. The lowest BCUT2D eigenvalue weighted by Gasteiger charge is -2.33. The predicted molar refractivity (Wildman–Crippen MR) is 141 cm³/mol. The van der Waals surface area contributed by atoms with Crippen LogP contribution in [0.5, 0.6) is 0 Å². The first-order valence-corrected chi connectivity index (χ1v) is 11.3. The highest BCUT2D eigenvalue weighted by atomic mass is 127. The Labute approximate surface area is 210 Å². The molecule has 3 N–H and O–H groups in total. The van der Waals surface area contributed by atoms with Crippen LogP contribution in [0.25, 0.3) is 0 Å². The Bertz CT molecular complexity index is 720. The van der Waals surface area contributed by atoms with E-state index in [-0.39, 0.29) is 30.1 Å². The maximum absolute atomic E-state index is 12.1. The largest absolute Gasteiger partial charge is 0.444 e. The van der Waals surface area contributed by atoms with Crippen molar-refractivity contribution in [3.05, 3.63) is 35.9 Å². The quantitative estimate of drug-likeness (QED) is 0.257. The molecule has 1 aromatic carbocycles. The molecular formula is C24H41IN4O3. The van der Waals surface area contributed by atoms with Crippen LogP contribution in [0, 0.1) is 5.92 Å². The number of halogens is 1. The molecule has 0 spiro atoms. The van der Waals surface area contributed by atoms with Crippen LogP contribution >= 0.6 is 24.0 Å². The third-order valence-corrected chi connectivity index (χ3v) is 4.92. The molecule has 0 bridgehead atoms. The van der Waals surface area contributed by atoms with Crippen molar-refractivity contribution in [3.8, 4) is 0 Å². The number of carbonyl (C=O) groups is 1. The van der Waals surface area contributed by atoms with Crippen molar-refractivity contribution in [1.82, 2.24) is 16.0 Å². The number of nitrogens with zero attached hydrogens (tertiary/aromatic N) is 1. The molecule has 2 atom stereocenters. The lowest BCUT2D eigenvalue weighted by Crippen LogP contribution is -2.49. The van der Waals surface area contributed by atoms with Gasteiger partial charge in [0.05, 0.1) is 18.2 Å². The first-order valence-electron chi connectivity index (χ1n) is 11.3. The number of nitrogens with one attached hydrogen (secondary N) is 3. The summed E-state index contributed by atoms with van der Waals surface area (Å²) >= 11 is 0. The zero-order valence-electron chi connectivity index (χ0n) is 20.4. The van der Waals surface area contributed by atoms with E-state index >= 15 is 0 Å². The van der Waals surface area contributed by atoms with Gasteiger partial charge in [-0.15, -0.1) is 24.0 Å². The van der Waals surface area contributed by atoms with Crippen LogP contribution in [0.3, 0.4) is 0 Å². The van der Waals surface area contributed by atoms with E-state index in [1.807, 2.05) is 47.6 Å². The predicted octanol–water partition coefficient (Wildman–Crippen LogP) is 4.63. The van der Waals surface area contributed by atoms with Crippen molar-refractivity contribution in [2.75, 3.05) is 26.2 Å². The second-order valence-electron chi connectivity index (χ2n) is 9.69. The summed E-state index contributed by atoms with van der Waals surface area (Å²) in [6.07, 6.45) is 1.83. The smallest absolute Gasteiger partial charge is 0.408 e. The molecule has 1 aliphatic rings. The number of hydrogen-bond acceptors (Lipinski definition) is 4. The number of rotatable bonds is 7. The Hall–Kier alpha value is -1.55. The lowest BCUT2D eigenvalue weighted by atomic mass is 9.89. The molecule has 2 unspecified atom stereocenters. The summed E-state index contributed by atoms with van der Waals surface area (Å²) in [6, 6.07) is 10.4. The summed E-state index contributed by atoms with van der Waals surface area (Å²) in [5.74, 6) is 1.10. The summed E-state index contributed by atoms with van der Waals surface area (Å²) in [6.45, 7) is 14.2. The Morgan fingerprint density at radius 1 is 1.16 bits per heavy atom. The fourth-order valence-corrected chi connectivity index (χ4v) is 3.53. The van der Waals surface area contributed by atoms with Crippen LogP contribution < -0.4 is 16.0 Å². The lowest BCUT2D eigenvalue weighted by molar-refractivity contribution is -0.0265. The van der Waals surface area contributed by atoms with Gasteiger partial charge in [0.1, 0.15) is 5.60 Å². The normalized spacial score (nSPS) is 19.5. The van der Waals surface area contributed by atoms with Crippen molar-refractivity contribution in [2.24, 2.45) is 10.9 Å². The Kier molecular flexibility index (Phi) is 11.8. The highest BCUT2D eigenvalue weighted by Crippen LogP contribution is 2.33. The summed E-state index contributed by atoms with van der Waals surface area (Å²) in [5.41, 5.74) is 0.154. The highest BCUT2D eigenvalue weighted by Gasteiger charge is 2.28. The third-order valence-electron chi connectivity index (χ3n) is 4.92. The molecule has 32 heavy (non-hydrogen) atoms. The van der Waals surface area contributed by atoms with Gasteiger partial charge in [0, 0.05) is 25.6 Å². The van der Waals surface area contributed by atoms with Gasteiger partial charge in [-0.2, -0.15) is 0 Å². The summed E-state index contributed by atoms with van der Waals surface area (Å²) < 4.78 is 11.5. The van der Waals surface area contributed by atoms with Gasteiger partial charge in [-0.3, -0.25) is 4.99 Å². The molecule has 8 heteroatoms. The Morgan fingerprint density at radius 3 is 2.47 bits per heavy atom. The van der Waals surface area contributed by atoms with Crippen molar-refractivity contribution < 1.29 is 14.3 Å². The van der Waals surface area contributed by atoms with Crippen LogP contribution in [0.4, 0.5) is 4.79 Å². The maximum atomic E-state index is 12.1. The summed E-state index contributed by atoms with van der Waals surface area (Å²) in [4.78, 5) is 16.8. The van der Waals surface area contributed by atoms with Gasteiger partial charge >= 0.3 is 6.09 Å². The van der Waals surface area contributed by atoms with Gasteiger partial charge in [0.2, 0.25) is 0 Å². The van der Waals surface area contributed by atoms with Gasteiger partial charge in [0.15, 0.2) is 5.96 Å². The number of benzene rings is 1.